The summed E-state index contributed by atoms with van der Waals surface area (Å²) in [7, 11) is 1.60. The van der Waals surface area contributed by atoms with Crippen molar-refractivity contribution in [2.24, 2.45) is 17.8 Å². The normalized spacial score (nSPS) is 22.9. The van der Waals surface area contributed by atoms with Crippen molar-refractivity contribution in [3.63, 3.8) is 0 Å². The van der Waals surface area contributed by atoms with Crippen LogP contribution in [0.15, 0.2) is 91.0 Å². The first-order valence-corrected chi connectivity index (χ1v) is 13.7. The van der Waals surface area contributed by atoms with Crippen molar-refractivity contribution in [3.05, 3.63) is 102 Å². The molecule has 1 aliphatic carbocycles. The lowest BCUT2D eigenvalue weighted by molar-refractivity contribution is -0.142. The molecule has 0 radical (unpaired) electrons. The van der Waals surface area contributed by atoms with Crippen molar-refractivity contribution >= 4 is 39.8 Å². The van der Waals surface area contributed by atoms with Crippen LogP contribution in [0.2, 0.25) is 0 Å². The molecule has 0 spiro atoms. The Balaban J connectivity index is 1.39. The van der Waals surface area contributed by atoms with Gasteiger partial charge in [0.1, 0.15) is 17.2 Å². The number of benzene rings is 4. The molecule has 4 aromatic carbocycles. The molecule has 0 aromatic heterocycles. The first-order chi connectivity index (χ1) is 20.0. The van der Waals surface area contributed by atoms with E-state index in [1.165, 1.54) is 4.90 Å². The Hall–Kier alpha value is -4.91. The number of allylic oxidation sites excluding steroid dienone is 1. The van der Waals surface area contributed by atoms with Gasteiger partial charge in [-0.05, 0) is 59.8 Å². The maximum absolute atomic E-state index is 14.2. The number of fused-ring (bicyclic) bond motifs is 7. The van der Waals surface area contributed by atoms with Gasteiger partial charge in [-0.15, -0.1) is 0 Å². The van der Waals surface area contributed by atoms with Crippen LogP contribution < -0.4 is 19.1 Å². The number of esters is 1. The van der Waals surface area contributed by atoms with Crippen LogP contribution in [-0.4, -0.2) is 31.5 Å². The maximum atomic E-state index is 14.2. The van der Waals surface area contributed by atoms with Gasteiger partial charge in [0.2, 0.25) is 11.8 Å². The molecule has 0 N–H and O–H groups in total. The molecular formula is C34H27NO6. The molecule has 0 saturated carbocycles. The van der Waals surface area contributed by atoms with Crippen LogP contribution in [0.1, 0.15) is 24.0 Å². The summed E-state index contributed by atoms with van der Waals surface area (Å²) >= 11 is 0. The monoisotopic (exact) mass is 545 g/mol. The molecule has 2 amide bonds. The van der Waals surface area contributed by atoms with Crippen molar-refractivity contribution in [2.75, 3.05) is 18.6 Å². The largest absolute Gasteiger partial charge is 0.497 e. The fraction of sp³-hybridized carbons (Fsp3) is 0.206. The Morgan fingerprint density at radius 1 is 0.805 bits per heavy atom. The Labute approximate surface area is 236 Å². The van der Waals surface area contributed by atoms with Gasteiger partial charge in [-0.3, -0.25) is 14.4 Å². The molecular weight excluding hydrogens is 518 g/mol. The highest BCUT2D eigenvalue weighted by molar-refractivity contribution is 6.24. The maximum Gasteiger partial charge on any atom is 0.319 e. The quantitative estimate of drug-likeness (QED) is 0.180. The lowest BCUT2D eigenvalue weighted by Crippen LogP contribution is -2.42. The SMILES string of the molecule is CCOc1ccc(N2C(=O)[C@@H]3[C@@H]4C(=O)Oc5c(ccc6ccccc56)C4=C[C@@H](c4ccc(OC)cc4)[C@@H]3C2=O)cc1. The zero-order valence-electron chi connectivity index (χ0n) is 22.6. The van der Waals surface area contributed by atoms with Crippen molar-refractivity contribution in [1.29, 1.82) is 0 Å². The second-order valence-corrected chi connectivity index (χ2v) is 10.5. The van der Waals surface area contributed by atoms with Crippen LogP contribution in [0.3, 0.4) is 0 Å². The summed E-state index contributed by atoms with van der Waals surface area (Å²) in [6, 6.07) is 26.1. The lowest BCUT2D eigenvalue weighted by atomic mass is 9.64. The number of hydrogen-bond donors (Lipinski definition) is 0. The number of carbonyl (C=O) groups excluding carboxylic acids is 3. The molecule has 0 unspecified atom stereocenters. The summed E-state index contributed by atoms with van der Waals surface area (Å²) in [5.74, 6) is -2.45. The number of methoxy groups -OCH3 is 1. The van der Waals surface area contributed by atoms with Crippen molar-refractivity contribution < 1.29 is 28.6 Å². The van der Waals surface area contributed by atoms with E-state index in [1.54, 1.807) is 31.4 Å². The summed E-state index contributed by atoms with van der Waals surface area (Å²) in [6.07, 6.45) is 1.99. The van der Waals surface area contributed by atoms with Gasteiger partial charge in [0.25, 0.3) is 0 Å². The van der Waals surface area contributed by atoms with Gasteiger partial charge >= 0.3 is 5.97 Å². The van der Waals surface area contributed by atoms with Gasteiger partial charge in [0, 0.05) is 16.9 Å². The predicted octanol–water partition coefficient (Wildman–Crippen LogP) is 5.77. The Kier molecular flexibility index (Phi) is 5.89. The van der Waals surface area contributed by atoms with Gasteiger partial charge in [0.05, 0.1) is 37.2 Å². The van der Waals surface area contributed by atoms with Crippen molar-refractivity contribution in [3.8, 4) is 17.2 Å². The standard InChI is InChI=1S/C34H27NO6/c1-3-40-23-15-11-21(12-16-23)35-32(36)28-26(20-8-13-22(39-2)14-9-20)18-27-25-17-10-19-6-4-5-7-24(19)31(25)41-34(38)29(27)30(28)33(35)37/h4-18,26,28-30H,3H2,1-2H3/t26-,28-,29+,30-/m0/s1. The van der Waals surface area contributed by atoms with Crippen LogP contribution in [-0.2, 0) is 14.4 Å². The summed E-state index contributed by atoms with van der Waals surface area (Å²) < 4.78 is 16.9. The van der Waals surface area contributed by atoms with Crippen molar-refractivity contribution in [1.82, 2.24) is 0 Å². The molecule has 3 aliphatic rings. The molecule has 2 aliphatic heterocycles. The number of rotatable bonds is 5. The smallest absolute Gasteiger partial charge is 0.319 e. The zero-order valence-corrected chi connectivity index (χ0v) is 22.6. The third-order valence-electron chi connectivity index (χ3n) is 8.39. The summed E-state index contributed by atoms with van der Waals surface area (Å²) in [5.41, 5.74) is 2.80. The Bertz CT molecular complexity index is 1740. The van der Waals surface area contributed by atoms with E-state index < -0.39 is 35.5 Å². The van der Waals surface area contributed by atoms with Crippen LogP contribution in [0.4, 0.5) is 5.69 Å². The van der Waals surface area contributed by atoms with Gasteiger partial charge in [-0.2, -0.15) is 0 Å². The molecule has 4 atom stereocenters. The van der Waals surface area contributed by atoms with Crippen LogP contribution >= 0.6 is 0 Å². The number of anilines is 1. The summed E-state index contributed by atoms with van der Waals surface area (Å²) in [4.78, 5) is 43.3. The summed E-state index contributed by atoms with van der Waals surface area (Å²) in [6.45, 7) is 2.39. The average Bonchev–Trinajstić information content (AvgIpc) is 3.27. The van der Waals surface area contributed by atoms with E-state index in [9.17, 15) is 14.4 Å². The third-order valence-corrected chi connectivity index (χ3v) is 8.39. The molecule has 7 heteroatoms. The van der Waals surface area contributed by atoms with E-state index in [1.807, 2.05) is 73.7 Å². The fourth-order valence-electron chi connectivity index (χ4n) is 6.55. The Morgan fingerprint density at radius 2 is 1.51 bits per heavy atom. The molecule has 7 nitrogen and oxygen atoms in total. The molecule has 41 heavy (non-hydrogen) atoms. The van der Waals surface area contributed by atoms with E-state index in [4.69, 9.17) is 14.2 Å². The highest BCUT2D eigenvalue weighted by atomic mass is 16.5. The van der Waals surface area contributed by atoms with Gasteiger partial charge in [-0.1, -0.05) is 54.6 Å². The van der Waals surface area contributed by atoms with Gasteiger partial charge in [-0.25, -0.2) is 4.90 Å². The molecule has 7 rings (SSSR count). The Morgan fingerprint density at radius 3 is 2.24 bits per heavy atom. The third kappa shape index (κ3) is 3.84. The molecule has 204 valence electrons. The number of carbonyl (C=O) groups is 3. The lowest BCUT2D eigenvalue weighted by Gasteiger charge is -2.38. The van der Waals surface area contributed by atoms with E-state index in [-0.39, 0.29) is 5.91 Å². The highest BCUT2D eigenvalue weighted by Gasteiger charge is 2.60. The highest BCUT2D eigenvalue weighted by Crippen LogP contribution is 2.55. The minimum atomic E-state index is -0.909. The fourth-order valence-corrected chi connectivity index (χ4v) is 6.55. The van der Waals surface area contributed by atoms with Crippen LogP contribution in [0.5, 0.6) is 17.2 Å². The molecule has 1 saturated heterocycles. The molecule has 4 aromatic rings. The molecule has 0 bridgehead atoms. The minimum Gasteiger partial charge on any atom is -0.497 e. The molecule has 1 fully saturated rings. The number of imide groups is 1. The molecule has 2 heterocycles. The number of ether oxygens (including phenoxy) is 3. The van der Waals surface area contributed by atoms with Gasteiger partial charge < -0.3 is 14.2 Å². The van der Waals surface area contributed by atoms with E-state index >= 15 is 0 Å². The average molecular weight is 546 g/mol. The second kappa shape index (κ2) is 9.63. The zero-order chi connectivity index (χ0) is 28.2. The predicted molar refractivity (Wildman–Crippen MR) is 154 cm³/mol. The first kappa shape index (κ1) is 25.1. The number of amides is 2. The van der Waals surface area contributed by atoms with E-state index in [0.29, 0.717) is 29.5 Å². The van der Waals surface area contributed by atoms with Crippen LogP contribution in [0, 0.1) is 17.8 Å². The van der Waals surface area contributed by atoms with E-state index in [0.717, 1.165) is 27.5 Å². The van der Waals surface area contributed by atoms with Gasteiger partial charge in [0.15, 0.2) is 0 Å². The number of hydrogen-bond acceptors (Lipinski definition) is 6. The first-order valence-electron chi connectivity index (χ1n) is 13.7. The number of nitrogens with zero attached hydrogens (tertiary/aromatic N) is 1. The van der Waals surface area contributed by atoms with Crippen molar-refractivity contribution in [2.45, 2.75) is 12.8 Å². The minimum absolute atomic E-state index is 0.336. The summed E-state index contributed by atoms with van der Waals surface area (Å²) in [5, 5.41) is 1.78. The van der Waals surface area contributed by atoms with Crippen LogP contribution in [0.25, 0.3) is 16.3 Å². The topological polar surface area (TPSA) is 82.1 Å². The second-order valence-electron chi connectivity index (χ2n) is 10.5. The van der Waals surface area contributed by atoms with E-state index in [2.05, 4.69) is 0 Å².